The lowest BCUT2D eigenvalue weighted by molar-refractivity contribution is 0.297. The Balaban J connectivity index is 1.73. The molecule has 4 nitrogen and oxygen atoms in total. The number of nitrogens with zero attached hydrogens (tertiary/aromatic N) is 2. The van der Waals surface area contributed by atoms with Gasteiger partial charge in [0.25, 0.3) is 5.56 Å². The number of aromatic nitrogens is 2. The van der Waals surface area contributed by atoms with Crippen molar-refractivity contribution in [3.63, 3.8) is 0 Å². The third-order valence-electron chi connectivity index (χ3n) is 4.44. The van der Waals surface area contributed by atoms with E-state index in [1.165, 1.54) is 0 Å². The first-order chi connectivity index (χ1) is 14.0. The molecule has 146 valence electrons. The number of hydrogen-bond donors (Lipinski definition) is 0. The van der Waals surface area contributed by atoms with Crippen molar-refractivity contribution in [2.45, 2.75) is 6.54 Å². The Bertz CT molecular complexity index is 1220. The molecule has 3 aromatic carbocycles. The summed E-state index contributed by atoms with van der Waals surface area (Å²) in [6, 6.07) is 19.6. The predicted octanol–water partition coefficient (Wildman–Crippen LogP) is 6.10. The largest absolute Gasteiger partial charge is 0.489 e. The van der Waals surface area contributed by atoms with E-state index in [9.17, 15) is 4.79 Å². The molecule has 0 fully saturated rings. The molecule has 0 atom stereocenters. The van der Waals surface area contributed by atoms with Gasteiger partial charge in [-0.3, -0.25) is 9.36 Å². The first-order valence-electron chi connectivity index (χ1n) is 8.87. The lowest BCUT2D eigenvalue weighted by atomic mass is 10.2. The van der Waals surface area contributed by atoms with Crippen LogP contribution in [0, 0.1) is 0 Å². The molecular formula is C22H15Cl3N2O2. The molecule has 0 radical (unpaired) electrons. The van der Waals surface area contributed by atoms with Crippen molar-refractivity contribution in [1.29, 1.82) is 0 Å². The molecular weight excluding hydrogens is 431 g/mol. The molecule has 4 aromatic rings. The fraction of sp³-hybridized carbons (Fsp3) is 0.0909. The minimum Gasteiger partial charge on any atom is -0.489 e. The van der Waals surface area contributed by atoms with Crippen molar-refractivity contribution in [2.24, 2.45) is 0 Å². The third-order valence-corrected chi connectivity index (χ3v) is 5.29. The topological polar surface area (TPSA) is 44.1 Å². The van der Waals surface area contributed by atoms with Crippen LogP contribution >= 0.6 is 34.8 Å². The highest BCUT2D eigenvalue weighted by Crippen LogP contribution is 2.32. The number of para-hydroxylation sites is 2. The van der Waals surface area contributed by atoms with Crippen LogP contribution in [0.4, 0.5) is 0 Å². The molecule has 0 unspecified atom stereocenters. The van der Waals surface area contributed by atoms with E-state index >= 15 is 0 Å². The van der Waals surface area contributed by atoms with Gasteiger partial charge in [-0.2, -0.15) is 0 Å². The van der Waals surface area contributed by atoms with E-state index in [2.05, 4.69) is 0 Å². The summed E-state index contributed by atoms with van der Waals surface area (Å²) >= 11 is 18.3. The fourth-order valence-corrected chi connectivity index (χ4v) is 3.69. The lowest BCUT2D eigenvalue weighted by Gasteiger charge is -2.15. The zero-order valence-corrected chi connectivity index (χ0v) is 17.4. The van der Waals surface area contributed by atoms with Crippen LogP contribution in [-0.2, 0) is 6.54 Å². The molecule has 1 aromatic heterocycles. The van der Waals surface area contributed by atoms with E-state index in [0.29, 0.717) is 37.5 Å². The fourth-order valence-electron chi connectivity index (χ4n) is 3.05. The van der Waals surface area contributed by atoms with Crippen LogP contribution in [0.25, 0.3) is 22.3 Å². The molecule has 0 aliphatic rings. The molecule has 0 aliphatic heterocycles. The molecule has 0 N–H and O–H groups in total. The van der Waals surface area contributed by atoms with Gasteiger partial charge in [0.1, 0.15) is 12.4 Å². The van der Waals surface area contributed by atoms with E-state index in [0.717, 1.165) is 5.56 Å². The molecule has 0 bridgehead atoms. The van der Waals surface area contributed by atoms with Crippen LogP contribution in [0.15, 0.2) is 71.5 Å². The van der Waals surface area contributed by atoms with Gasteiger partial charge < -0.3 is 4.74 Å². The summed E-state index contributed by atoms with van der Waals surface area (Å²) in [5.74, 6) is 0.935. The Morgan fingerprint density at radius 1 is 0.862 bits per heavy atom. The Morgan fingerprint density at radius 2 is 1.55 bits per heavy atom. The Labute approximate surface area is 182 Å². The number of hydrogen-bond acceptors (Lipinski definition) is 3. The Morgan fingerprint density at radius 3 is 2.28 bits per heavy atom. The maximum atomic E-state index is 13.2. The summed E-state index contributed by atoms with van der Waals surface area (Å²) in [5.41, 5.74) is 1.27. The molecule has 29 heavy (non-hydrogen) atoms. The van der Waals surface area contributed by atoms with Crippen LogP contribution in [-0.4, -0.2) is 16.2 Å². The van der Waals surface area contributed by atoms with Crippen LogP contribution in [0.1, 0.15) is 0 Å². The van der Waals surface area contributed by atoms with Gasteiger partial charge in [0, 0.05) is 10.6 Å². The average Bonchev–Trinajstić information content (AvgIpc) is 2.72. The van der Waals surface area contributed by atoms with Gasteiger partial charge in [-0.15, -0.1) is 0 Å². The molecule has 7 heteroatoms. The van der Waals surface area contributed by atoms with Crippen molar-refractivity contribution in [3.8, 4) is 17.1 Å². The van der Waals surface area contributed by atoms with Crippen LogP contribution in [0.3, 0.4) is 0 Å². The maximum absolute atomic E-state index is 13.2. The van der Waals surface area contributed by atoms with E-state index in [-0.39, 0.29) is 18.7 Å². The van der Waals surface area contributed by atoms with E-state index in [1.54, 1.807) is 41.0 Å². The van der Waals surface area contributed by atoms with E-state index in [4.69, 9.17) is 44.5 Å². The lowest BCUT2D eigenvalue weighted by Crippen LogP contribution is -2.26. The van der Waals surface area contributed by atoms with E-state index in [1.807, 2.05) is 30.3 Å². The summed E-state index contributed by atoms with van der Waals surface area (Å²) in [6.07, 6.45) is 0. The second kappa shape index (κ2) is 8.46. The molecule has 0 saturated carbocycles. The number of ether oxygens (including phenoxy) is 1. The highest BCUT2D eigenvalue weighted by Gasteiger charge is 2.14. The zero-order valence-electron chi connectivity index (χ0n) is 15.1. The number of rotatable bonds is 5. The summed E-state index contributed by atoms with van der Waals surface area (Å²) in [5, 5.41) is 1.99. The molecule has 1 heterocycles. The smallest absolute Gasteiger partial charge is 0.261 e. The minimum atomic E-state index is -0.144. The third kappa shape index (κ3) is 4.10. The monoisotopic (exact) mass is 444 g/mol. The molecule has 0 aliphatic carbocycles. The van der Waals surface area contributed by atoms with Gasteiger partial charge in [-0.05, 0) is 48.5 Å². The summed E-state index contributed by atoms with van der Waals surface area (Å²) in [4.78, 5) is 17.9. The molecule has 4 rings (SSSR count). The van der Waals surface area contributed by atoms with Crippen molar-refractivity contribution in [2.75, 3.05) is 6.61 Å². The predicted molar refractivity (Wildman–Crippen MR) is 118 cm³/mol. The highest BCUT2D eigenvalue weighted by molar-refractivity contribution is 6.37. The van der Waals surface area contributed by atoms with Crippen LogP contribution in [0.2, 0.25) is 15.1 Å². The molecule has 0 saturated heterocycles. The van der Waals surface area contributed by atoms with Gasteiger partial charge in [0.05, 0.1) is 27.5 Å². The van der Waals surface area contributed by atoms with Crippen molar-refractivity contribution in [3.05, 3.63) is 92.2 Å². The zero-order chi connectivity index (χ0) is 20.4. The second-order valence-corrected chi connectivity index (χ2v) is 7.57. The number of fused-ring (bicyclic) bond motifs is 1. The van der Waals surface area contributed by atoms with Gasteiger partial charge >= 0.3 is 0 Å². The summed E-state index contributed by atoms with van der Waals surface area (Å²) in [6.45, 7) is 0.472. The van der Waals surface area contributed by atoms with Crippen LogP contribution in [0.5, 0.6) is 5.75 Å². The summed E-state index contributed by atoms with van der Waals surface area (Å²) < 4.78 is 7.37. The summed E-state index contributed by atoms with van der Waals surface area (Å²) in [7, 11) is 0. The Kier molecular flexibility index (Phi) is 5.76. The minimum absolute atomic E-state index is 0.144. The first kappa shape index (κ1) is 19.8. The second-order valence-electron chi connectivity index (χ2n) is 6.32. The standard InChI is InChI=1S/C22H15Cl3N2O2/c23-15-10-8-14(9-11-15)21-26-19-7-2-1-4-16(19)22(28)27(21)12-13-29-20-17(24)5-3-6-18(20)25/h1-11H,12-13H2. The number of halogens is 3. The van der Waals surface area contributed by atoms with E-state index < -0.39 is 0 Å². The average molecular weight is 446 g/mol. The molecule has 0 spiro atoms. The Hall–Kier alpha value is -2.53. The van der Waals surface area contributed by atoms with Crippen LogP contribution < -0.4 is 10.3 Å². The van der Waals surface area contributed by atoms with Crippen molar-refractivity contribution >= 4 is 45.7 Å². The molecule has 0 amide bonds. The van der Waals surface area contributed by atoms with Crippen molar-refractivity contribution in [1.82, 2.24) is 9.55 Å². The maximum Gasteiger partial charge on any atom is 0.261 e. The normalized spacial score (nSPS) is 11.0. The SMILES string of the molecule is O=c1c2ccccc2nc(-c2ccc(Cl)cc2)n1CCOc1c(Cl)cccc1Cl. The first-order valence-corrected chi connectivity index (χ1v) is 10.0. The van der Waals surface area contributed by atoms with Gasteiger partial charge in [-0.1, -0.05) is 53.0 Å². The highest BCUT2D eigenvalue weighted by atomic mass is 35.5. The quantitative estimate of drug-likeness (QED) is 0.373. The van der Waals surface area contributed by atoms with Crippen molar-refractivity contribution < 1.29 is 4.74 Å². The van der Waals surface area contributed by atoms with Gasteiger partial charge in [0.2, 0.25) is 0 Å². The van der Waals surface area contributed by atoms with Gasteiger partial charge in [0.15, 0.2) is 5.75 Å². The van der Waals surface area contributed by atoms with Gasteiger partial charge in [-0.25, -0.2) is 4.98 Å². The number of benzene rings is 3.